The highest BCUT2D eigenvalue weighted by Gasteiger charge is 2.07. The topological polar surface area (TPSA) is 32.8 Å². The van der Waals surface area contributed by atoms with Gasteiger partial charge >= 0.3 is 6.09 Å². The van der Waals surface area contributed by atoms with Gasteiger partial charge in [-0.15, -0.1) is 0 Å². The third-order valence-corrected chi connectivity index (χ3v) is 1.84. The number of amides is 1. The van der Waals surface area contributed by atoms with Crippen molar-refractivity contribution in [1.29, 1.82) is 0 Å². The Morgan fingerprint density at radius 2 is 1.92 bits per heavy atom. The third-order valence-electron chi connectivity index (χ3n) is 1.84. The van der Waals surface area contributed by atoms with Crippen LogP contribution in [0.2, 0.25) is 0 Å². The van der Waals surface area contributed by atoms with Gasteiger partial charge in [0, 0.05) is 20.1 Å². The summed E-state index contributed by atoms with van der Waals surface area (Å²) in [6, 6.07) is 0. The summed E-state index contributed by atoms with van der Waals surface area (Å²) in [5.41, 5.74) is 0. The minimum absolute atomic E-state index is 0.278. The van der Waals surface area contributed by atoms with Crippen molar-refractivity contribution in [2.24, 2.45) is 0 Å². The normalized spacial score (nSPS) is 10.1. The van der Waals surface area contributed by atoms with Crippen LogP contribution in [0, 0.1) is 0 Å². The van der Waals surface area contributed by atoms with Crippen LogP contribution in [0.5, 0.6) is 0 Å². The Balaban J connectivity index is 3.56. The lowest BCUT2D eigenvalue weighted by Crippen LogP contribution is -2.34. The van der Waals surface area contributed by atoms with Gasteiger partial charge in [-0.2, -0.15) is 0 Å². The van der Waals surface area contributed by atoms with E-state index in [4.69, 9.17) is 0 Å². The van der Waals surface area contributed by atoms with Crippen LogP contribution < -0.4 is 0 Å². The number of hydrogen-bond donors (Lipinski definition) is 0. The molecule has 0 radical (unpaired) electrons. The van der Waals surface area contributed by atoms with E-state index in [9.17, 15) is 4.79 Å². The number of ether oxygens (including phenoxy) is 1. The monoisotopic (exact) mass is 174 g/mol. The summed E-state index contributed by atoms with van der Waals surface area (Å²) < 4.78 is 4.55. The molecular formula is C8H18N2O2. The molecule has 1 amide bonds. The fourth-order valence-corrected chi connectivity index (χ4v) is 0.726. The highest BCUT2D eigenvalue weighted by atomic mass is 16.5. The fourth-order valence-electron chi connectivity index (χ4n) is 0.726. The Kier molecular flexibility index (Phi) is 5.45. The molecule has 0 aromatic heterocycles. The van der Waals surface area contributed by atoms with Gasteiger partial charge in [-0.05, 0) is 13.6 Å². The van der Waals surface area contributed by atoms with Gasteiger partial charge in [0.25, 0.3) is 0 Å². The van der Waals surface area contributed by atoms with E-state index in [1.54, 1.807) is 11.9 Å². The van der Waals surface area contributed by atoms with Gasteiger partial charge in [0.05, 0.1) is 7.11 Å². The van der Waals surface area contributed by atoms with Gasteiger partial charge in [-0.25, -0.2) is 4.79 Å². The van der Waals surface area contributed by atoms with Gasteiger partial charge in [0.15, 0.2) is 0 Å². The molecule has 12 heavy (non-hydrogen) atoms. The highest BCUT2D eigenvalue weighted by Crippen LogP contribution is 1.89. The van der Waals surface area contributed by atoms with E-state index in [0.717, 1.165) is 13.1 Å². The molecule has 0 fully saturated rings. The molecule has 0 aromatic carbocycles. The van der Waals surface area contributed by atoms with Crippen molar-refractivity contribution in [3.8, 4) is 0 Å². The first kappa shape index (κ1) is 11.2. The second-order valence-electron chi connectivity index (χ2n) is 2.79. The van der Waals surface area contributed by atoms with Crippen LogP contribution in [0.25, 0.3) is 0 Å². The maximum atomic E-state index is 10.9. The van der Waals surface area contributed by atoms with Crippen molar-refractivity contribution in [3.05, 3.63) is 0 Å². The van der Waals surface area contributed by atoms with Gasteiger partial charge in [0.1, 0.15) is 0 Å². The molecule has 4 nitrogen and oxygen atoms in total. The average molecular weight is 174 g/mol. The zero-order chi connectivity index (χ0) is 9.56. The molecule has 0 aliphatic carbocycles. The van der Waals surface area contributed by atoms with Crippen LogP contribution in [0.3, 0.4) is 0 Å². The van der Waals surface area contributed by atoms with E-state index < -0.39 is 0 Å². The van der Waals surface area contributed by atoms with Crippen molar-refractivity contribution in [2.45, 2.75) is 6.92 Å². The number of nitrogens with zero attached hydrogens (tertiary/aromatic N) is 2. The summed E-state index contributed by atoms with van der Waals surface area (Å²) in [6.07, 6.45) is -0.278. The third kappa shape index (κ3) is 4.18. The summed E-state index contributed by atoms with van der Waals surface area (Å²) in [6.45, 7) is 4.66. The number of methoxy groups -OCH3 is 1. The first-order valence-corrected chi connectivity index (χ1v) is 4.09. The molecule has 4 heteroatoms. The van der Waals surface area contributed by atoms with Crippen LogP contribution >= 0.6 is 0 Å². The number of hydrogen-bond acceptors (Lipinski definition) is 3. The van der Waals surface area contributed by atoms with Gasteiger partial charge in [-0.3, -0.25) is 0 Å². The minimum Gasteiger partial charge on any atom is -0.453 e. The fraction of sp³-hybridized carbons (Fsp3) is 0.875. The molecule has 0 atom stereocenters. The smallest absolute Gasteiger partial charge is 0.409 e. The summed E-state index contributed by atoms with van der Waals surface area (Å²) in [4.78, 5) is 14.6. The predicted octanol–water partition coefficient (Wildman–Crippen LogP) is 0.636. The zero-order valence-corrected chi connectivity index (χ0v) is 8.33. The minimum atomic E-state index is -0.278. The lowest BCUT2D eigenvalue weighted by atomic mass is 10.5. The van der Waals surface area contributed by atoms with Crippen molar-refractivity contribution in [1.82, 2.24) is 9.80 Å². The van der Waals surface area contributed by atoms with Crippen LogP contribution in [0.4, 0.5) is 4.79 Å². The van der Waals surface area contributed by atoms with E-state index in [1.165, 1.54) is 7.11 Å². The molecule has 0 spiro atoms. The summed E-state index contributed by atoms with van der Waals surface area (Å²) in [7, 11) is 5.14. The summed E-state index contributed by atoms with van der Waals surface area (Å²) in [5, 5.41) is 0. The number of carbonyl (C=O) groups excluding carboxylic acids is 1. The van der Waals surface area contributed by atoms with Crippen LogP contribution in [-0.4, -0.2) is 56.7 Å². The maximum Gasteiger partial charge on any atom is 0.409 e. The van der Waals surface area contributed by atoms with E-state index in [1.807, 2.05) is 7.05 Å². The molecule has 0 heterocycles. The highest BCUT2D eigenvalue weighted by molar-refractivity contribution is 5.66. The molecule has 0 rings (SSSR count). The van der Waals surface area contributed by atoms with E-state index in [0.29, 0.717) is 6.54 Å². The van der Waals surface area contributed by atoms with Gasteiger partial charge in [-0.1, -0.05) is 6.92 Å². The average Bonchev–Trinajstić information content (AvgIpc) is 2.11. The number of likely N-dealkylation sites (N-methyl/N-ethyl adjacent to an activating group) is 2. The lowest BCUT2D eigenvalue weighted by molar-refractivity contribution is 0.129. The Hall–Kier alpha value is -0.770. The molecule has 0 bridgehead atoms. The number of carbonyl (C=O) groups is 1. The van der Waals surface area contributed by atoms with Crippen molar-refractivity contribution < 1.29 is 9.53 Å². The Bertz CT molecular complexity index is 139. The maximum absolute atomic E-state index is 10.9. The quantitative estimate of drug-likeness (QED) is 0.627. The first-order valence-electron chi connectivity index (χ1n) is 4.09. The second-order valence-corrected chi connectivity index (χ2v) is 2.79. The zero-order valence-electron chi connectivity index (χ0n) is 8.33. The van der Waals surface area contributed by atoms with E-state index in [-0.39, 0.29) is 6.09 Å². The van der Waals surface area contributed by atoms with Crippen molar-refractivity contribution in [2.75, 3.05) is 40.8 Å². The molecule has 0 unspecified atom stereocenters. The Labute approximate surface area is 74.1 Å². The molecule has 0 saturated carbocycles. The van der Waals surface area contributed by atoms with E-state index >= 15 is 0 Å². The molecule has 0 N–H and O–H groups in total. The molecule has 0 aliphatic rings. The standard InChI is InChI=1S/C8H18N2O2/c1-5-9(2)6-7-10(3)8(11)12-4/h5-7H2,1-4H3. The Morgan fingerprint density at radius 1 is 1.33 bits per heavy atom. The SMILES string of the molecule is CCN(C)CCN(C)C(=O)OC. The van der Waals surface area contributed by atoms with Crippen LogP contribution in [0.1, 0.15) is 6.92 Å². The Morgan fingerprint density at radius 3 is 2.33 bits per heavy atom. The van der Waals surface area contributed by atoms with E-state index in [2.05, 4.69) is 16.6 Å². The van der Waals surface area contributed by atoms with Gasteiger partial charge < -0.3 is 14.5 Å². The molecular weight excluding hydrogens is 156 g/mol. The molecule has 0 aliphatic heterocycles. The predicted molar refractivity (Wildman–Crippen MR) is 48.2 cm³/mol. The molecule has 0 saturated heterocycles. The number of rotatable bonds is 4. The second kappa shape index (κ2) is 5.83. The largest absolute Gasteiger partial charge is 0.453 e. The van der Waals surface area contributed by atoms with Crippen molar-refractivity contribution in [3.63, 3.8) is 0 Å². The van der Waals surface area contributed by atoms with Crippen LogP contribution in [-0.2, 0) is 4.74 Å². The first-order chi connectivity index (χ1) is 5.61. The summed E-state index contributed by atoms with van der Waals surface area (Å²) >= 11 is 0. The van der Waals surface area contributed by atoms with Gasteiger partial charge in [0.2, 0.25) is 0 Å². The molecule has 0 aromatic rings. The lowest BCUT2D eigenvalue weighted by Gasteiger charge is -2.19. The molecule has 72 valence electrons. The van der Waals surface area contributed by atoms with Crippen molar-refractivity contribution >= 4 is 6.09 Å². The van der Waals surface area contributed by atoms with Crippen LogP contribution in [0.15, 0.2) is 0 Å². The summed E-state index contributed by atoms with van der Waals surface area (Å²) in [5.74, 6) is 0.